The molecule has 0 radical (unpaired) electrons. The van der Waals surface area contributed by atoms with Crippen molar-refractivity contribution in [3.63, 3.8) is 0 Å². The minimum absolute atomic E-state index is 0.333. The Morgan fingerprint density at radius 3 is 2.29 bits per heavy atom. The first-order chi connectivity index (χ1) is 6.83. The first kappa shape index (κ1) is 10.1. The molecule has 72 valence electrons. The van der Waals surface area contributed by atoms with Crippen LogP contribution in [0.1, 0.15) is 16.1 Å². The highest BCUT2D eigenvalue weighted by Gasteiger charge is 1.85. The van der Waals surface area contributed by atoms with Crippen molar-refractivity contribution < 1.29 is 4.79 Å². The molecule has 0 amide bonds. The molecule has 2 rings (SSSR count). The minimum Gasteiger partial charge on any atom is -0.296 e. The monoisotopic (exact) mass is 189 g/mol. The van der Waals surface area contributed by atoms with Crippen LogP contribution in [0.4, 0.5) is 0 Å². The molecule has 0 atom stereocenters. The second-order valence-corrected chi connectivity index (χ2v) is 2.67. The van der Waals surface area contributed by atoms with Crippen LogP contribution in [0.25, 0.3) is 0 Å². The molecule has 4 nitrogen and oxygen atoms in total. The van der Waals surface area contributed by atoms with E-state index in [9.17, 15) is 4.79 Å². The third kappa shape index (κ3) is 3.62. The van der Waals surface area contributed by atoms with Crippen LogP contribution >= 0.6 is 0 Å². The molecule has 0 bridgehead atoms. The van der Waals surface area contributed by atoms with Gasteiger partial charge in [-0.15, -0.1) is 5.10 Å². The number of carbonyl (C=O) groups is 1. The first-order valence-electron chi connectivity index (χ1n) is 4.16. The summed E-state index contributed by atoms with van der Waals surface area (Å²) in [4.78, 5) is 9.75. The number of hydrogen-bond acceptors (Lipinski definition) is 3. The van der Waals surface area contributed by atoms with E-state index in [1.807, 2.05) is 18.2 Å². The average Bonchev–Trinajstić information content (AvgIpc) is 2.72. The minimum atomic E-state index is 0.333. The molecule has 4 heteroatoms. The van der Waals surface area contributed by atoms with Crippen molar-refractivity contribution >= 4 is 6.29 Å². The Hall–Kier alpha value is -1.97. The summed E-state index contributed by atoms with van der Waals surface area (Å²) in [5.41, 5.74) is 1.66. The lowest BCUT2D eigenvalue weighted by molar-refractivity contribution is 0.111. The predicted molar refractivity (Wildman–Crippen MR) is 52.9 cm³/mol. The lowest BCUT2D eigenvalue weighted by Crippen LogP contribution is -1.75. The lowest BCUT2D eigenvalue weighted by atomic mass is 10.2. The molecule has 1 aromatic heterocycles. The number of aromatic nitrogens is 3. The van der Waals surface area contributed by atoms with Gasteiger partial charge in [0.05, 0.1) is 6.20 Å². The van der Waals surface area contributed by atoms with Gasteiger partial charge in [0, 0.05) is 0 Å². The Balaban J connectivity index is 0.000000140. The van der Waals surface area contributed by atoms with Crippen molar-refractivity contribution in [2.75, 3.05) is 0 Å². The SMILES string of the molecule is Cc1ccccc1.O=Cc1c[nH]nn1. The second kappa shape index (κ2) is 5.64. The van der Waals surface area contributed by atoms with Gasteiger partial charge in [0.25, 0.3) is 0 Å². The molecule has 0 aliphatic carbocycles. The van der Waals surface area contributed by atoms with Crippen LogP contribution in [0, 0.1) is 6.92 Å². The van der Waals surface area contributed by atoms with Gasteiger partial charge in [0.1, 0.15) is 5.69 Å². The summed E-state index contributed by atoms with van der Waals surface area (Å²) < 4.78 is 0. The van der Waals surface area contributed by atoms with Crippen molar-refractivity contribution in [3.8, 4) is 0 Å². The third-order valence-corrected chi connectivity index (χ3v) is 1.50. The van der Waals surface area contributed by atoms with Gasteiger partial charge >= 0.3 is 0 Å². The Morgan fingerprint density at radius 2 is 2.00 bits per heavy atom. The largest absolute Gasteiger partial charge is 0.296 e. The van der Waals surface area contributed by atoms with Gasteiger partial charge in [-0.05, 0) is 6.92 Å². The fourth-order valence-corrected chi connectivity index (χ4v) is 0.802. The molecule has 0 saturated carbocycles. The Bertz CT molecular complexity index is 356. The van der Waals surface area contributed by atoms with Crippen molar-refractivity contribution in [2.24, 2.45) is 0 Å². The highest BCUT2D eigenvalue weighted by atomic mass is 16.1. The quantitative estimate of drug-likeness (QED) is 0.693. The van der Waals surface area contributed by atoms with Crippen molar-refractivity contribution in [3.05, 3.63) is 47.8 Å². The van der Waals surface area contributed by atoms with Crippen LogP contribution in [-0.2, 0) is 0 Å². The van der Waals surface area contributed by atoms with Gasteiger partial charge in [-0.1, -0.05) is 41.1 Å². The zero-order valence-electron chi connectivity index (χ0n) is 7.84. The number of nitrogens with one attached hydrogen (secondary N) is 1. The Labute approximate surface area is 82.0 Å². The van der Waals surface area contributed by atoms with E-state index in [1.165, 1.54) is 11.8 Å². The van der Waals surface area contributed by atoms with Crippen LogP contribution in [-0.4, -0.2) is 21.7 Å². The van der Waals surface area contributed by atoms with E-state index in [2.05, 4.69) is 34.5 Å². The molecule has 0 aliphatic rings. The van der Waals surface area contributed by atoms with Crippen LogP contribution in [0.15, 0.2) is 36.5 Å². The van der Waals surface area contributed by atoms with Gasteiger partial charge in [-0.25, -0.2) is 0 Å². The van der Waals surface area contributed by atoms with E-state index >= 15 is 0 Å². The van der Waals surface area contributed by atoms with E-state index in [4.69, 9.17) is 0 Å². The number of aromatic amines is 1. The summed E-state index contributed by atoms with van der Waals surface area (Å²) >= 11 is 0. The van der Waals surface area contributed by atoms with Crippen molar-refractivity contribution in [1.29, 1.82) is 0 Å². The molecule has 14 heavy (non-hydrogen) atoms. The molecule has 0 unspecified atom stereocenters. The van der Waals surface area contributed by atoms with E-state index in [0.717, 1.165) is 0 Å². The smallest absolute Gasteiger partial charge is 0.171 e. The summed E-state index contributed by atoms with van der Waals surface area (Å²) in [6.07, 6.45) is 2.05. The molecule has 0 fully saturated rings. The zero-order chi connectivity index (χ0) is 10.2. The molecular weight excluding hydrogens is 178 g/mol. The number of carbonyl (C=O) groups excluding carboxylic acids is 1. The molecule has 1 aromatic carbocycles. The average molecular weight is 189 g/mol. The van der Waals surface area contributed by atoms with Gasteiger partial charge in [0.15, 0.2) is 6.29 Å². The number of hydrogen-bond donors (Lipinski definition) is 1. The summed E-state index contributed by atoms with van der Waals surface area (Å²) in [6.45, 7) is 2.08. The highest BCUT2D eigenvalue weighted by molar-refractivity contribution is 5.70. The van der Waals surface area contributed by atoms with Gasteiger partial charge in [0.2, 0.25) is 0 Å². The first-order valence-corrected chi connectivity index (χ1v) is 4.16. The number of rotatable bonds is 1. The normalized spacial score (nSPS) is 8.64. The van der Waals surface area contributed by atoms with Crippen LogP contribution < -0.4 is 0 Å². The fraction of sp³-hybridized carbons (Fsp3) is 0.100. The summed E-state index contributed by atoms with van der Waals surface area (Å²) in [5.74, 6) is 0. The molecule has 0 saturated heterocycles. The number of nitrogens with zero attached hydrogens (tertiary/aromatic N) is 2. The van der Waals surface area contributed by atoms with E-state index in [-0.39, 0.29) is 0 Å². The highest BCUT2D eigenvalue weighted by Crippen LogP contribution is 1.92. The molecule has 0 spiro atoms. The van der Waals surface area contributed by atoms with Crippen LogP contribution in [0.3, 0.4) is 0 Å². The molecule has 0 aliphatic heterocycles. The lowest BCUT2D eigenvalue weighted by Gasteiger charge is -1.82. The predicted octanol–water partition coefficient (Wildman–Crippen LogP) is 1.61. The third-order valence-electron chi connectivity index (χ3n) is 1.50. The molecule has 2 aromatic rings. The summed E-state index contributed by atoms with van der Waals surface area (Å²) in [5, 5.41) is 9.04. The van der Waals surface area contributed by atoms with Gasteiger partial charge in [-0.3, -0.25) is 9.89 Å². The maximum Gasteiger partial charge on any atom is 0.171 e. The second-order valence-electron chi connectivity index (χ2n) is 2.67. The van der Waals surface area contributed by atoms with Gasteiger partial charge in [-0.2, -0.15) is 0 Å². The van der Waals surface area contributed by atoms with Crippen LogP contribution in [0.5, 0.6) is 0 Å². The summed E-state index contributed by atoms with van der Waals surface area (Å²) in [6, 6.07) is 10.3. The van der Waals surface area contributed by atoms with Gasteiger partial charge < -0.3 is 0 Å². The molecule has 1 N–H and O–H groups in total. The van der Waals surface area contributed by atoms with E-state index < -0.39 is 0 Å². The van der Waals surface area contributed by atoms with Crippen molar-refractivity contribution in [1.82, 2.24) is 15.4 Å². The molecular formula is C10H11N3O. The summed E-state index contributed by atoms with van der Waals surface area (Å²) in [7, 11) is 0. The maximum atomic E-state index is 9.75. The fourth-order valence-electron chi connectivity index (χ4n) is 0.802. The van der Waals surface area contributed by atoms with Crippen molar-refractivity contribution in [2.45, 2.75) is 6.92 Å². The van der Waals surface area contributed by atoms with Crippen LogP contribution in [0.2, 0.25) is 0 Å². The topological polar surface area (TPSA) is 58.6 Å². The number of aryl methyl sites for hydroxylation is 1. The Kier molecular flexibility index (Phi) is 4.07. The number of benzene rings is 1. The standard InChI is InChI=1S/C7H8.C3H3N3O/c1-7-5-3-2-4-6-7;7-2-3-1-4-6-5-3/h2-6H,1H3;1-2H,(H,4,5,6). The zero-order valence-corrected chi connectivity index (χ0v) is 7.84. The van der Waals surface area contributed by atoms with E-state index in [0.29, 0.717) is 12.0 Å². The Morgan fingerprint density at radius 1 is 1.29 bits per heavy atom. The number of aldehydes is 1. The maximum absolute atomic E-state index is 9.75. The molecule has 1 heterocycles. The van der Waals surface area contributed by atoms with E-state index in [1.54, 1.807) is 0 Å². The number of H-pyrrole nitrogens is 1.